The molecule has 1 atom stereocenters. The van der Waals surface area contributed by atoms with Crippen LogP contribution < -0.4 is 10.1 Å². The normalized spacial score (nSPS) is 18.4. The molecular weight excluding hydrogens is 250 g/mol. The molecule has 106 valence electrons. The summed E-state index contributed by atoms with van der Waals surface area (Å²) < 4.78 is 5.67. The average molecular weight is 271 g/mol. The minimum atomic E-state index is 0.566. The average Bonchev–Trinajstić information content (AvgIpc) is 3.12. The van der Waals surface area contributed by atoms with Crippen molar-refractivity contribution in [2.24, 2.45) is 0 Å². The van der Waals surface area contributed by atoms with Crippen molar-refractivity contribution in [3.8, 4) is 17.0 Å². The summed E-state index contributed by atoms with van der Waals surface area (Å²) in [6.45, 7) is 3.80. The van der Waals surface area contributed by atoms with Crippen LogP contribution in [0.3, 0.4) is 0 Å². The number of rotatable bonds is 5. The lowest BCUT2D eigenvalue weighted by Crippen LogP contribution is -2.24. The summed E-state index contributed by atoms with van der Waals surface area (Å²) >= 11 is 0. The molecule has 1 aliphatic heterocycles. The molecule has 0 amide bonds. The Labute approximate surface area is 119 Å². The molecule has 0 radical (unpaired) electrons. The quantitative estimate of drug-likeness (QED) is 0.879. The van der Waals surface area contributed by atoms with Crippen molar-refractivity contribution in [2.75, 3.05) is 13.2 Å². The molecule has 1 aromatic carbocycles. The van der Waals surface area contributed by atoms with Gasteiger partial charge in [-0.15, -0.1) is 0 Å². The first-order valence-corrected chi connectivity index (χ1v) is 7.36. The van der Waals surface area contributed by atoms with Gasteiger partial charge in [0.05, 0.1) is 18.5 Å². The highest BCUT2D eigenvalue weighted by atomic mass is 16.5. The Hall–Kier alpha value is -1.81. The zero-order valence-corrected chi connectivity index (χ0v) is 11.9. The van der Waals surface area contributed by atoms with E-state index in [0.717, 1.165) is 35.8 Å². The van der Waals surface area contributed by atoms with Gasteiger partial charge in [-0.05, 0) is 38.4 Å². The Kier molecular flexibility index (Phi) is 4.02. The number of aromatic amines is 1. The molecule has 1 aliphatic rings. The summed E-state index contributed by atoms with van der Waals surface area (Å²) in [5, 5.41) is 3.50. The number of aromatic nitrogens is 2. The second kappa shape index (κ2) is 6.09. The molecule has 20 heavy (non-hydrogen) atoms. The predicted molar refractivity (Wildman–Crippen MR) is 79.9 cm³/mol. The number of para-hydroxylation sites is 1. The fourth-order valence-corrected chi connectivity index (χ4v) is 2.74. The van der Waals surface area contributed by atoms with Crippen molar-refractivity contribution in [2.45, 2.75) is 32.2 Å². The standard InChI is InChI=1S/C16H21N3O/c1-2-20-15-8-4-3-7-13(15)14-11-18-16(19-14)10-12-6-5-9-17-12/h3-4,7-8,11-12,17H,2,5-6,9-10H2,1H3,(H,18,19). The van der Waals surface area contributed by atoms with Gasteiger partial charge in [0.15, 0.2) is 0 Å². The number of H-pyrrole nitrogens is 1. The first kappa shape index (κ1) is 13.2. The third kappa shape index (κ3) is 2.85. The second-order valence-electron chi connectivity index (χ2n) is 5.17. The fraction of sp³-hybridized carbons (Fsp3) is 0.438. The Bertz CT molecular complexity index is 558. The highest BCUT2D eigenvalue weighted by molar-refractivity contribution is 5.66. The van der Waals surface area contributed by atoms with Crippen molar-refractivity contribution in [3.63, 3.8) is 0 Å². The van der Waals surface area contributed by atoms with Gasteiger partial charge in [-0.3, -0.25) is 0 Å². The highest BCUT2D eigenvalue weighted by Crippen LogP contribution is 2.28. The van der Waals surface area contributed by atoms with Crippen LogP contribution in [-0.4, -0.2) is 29.2 Å². The maximum absolute atomic E-state index is 5.67. The molecule has 3 rings (SSSR count). The topological polar surface area (TPSA) is 49.9 Å². The molecule has 1 saturated heterocycles. The van der Waals surface area contributed by atoms with Gasteiger partial charge < -0.3 is 15.0 Å². The van der Waals surface area contributed by atoms with Gasteiger partial charge in [0.25, 0.3) is 0 Å². The van der Waals surface area contributed by atoms with Gasteiger partial charge >= 0.3 is 0 Å². The minimum absolute atomic E-state index is 0.566. The van der Waals surface area contributed by atoms with E-state index in [9.17, 15) is 0 Å². The van der Waals surface area contributed by atoms with Crippen LogP contribution in [0, 0.1) is 0 Å². The first-order chi connectivity index (χ1) is 9.86. The second-order valence-corrected chi connectivity index (χ2v) is 5.17. The van der Waals surface area contributed by atoms with E-state index in [1.807, 2.05) is 31.3 Å². The van der Waals surface area contributed by atoms with E-state index in [1.54, 1.807) is 0 Å². The van der Waals surface area contributed by atoms with Crippen LogP contribution in [0.15, 0.2) is 30.5 Å². The number of nitrogens with one attached hydrogen (secondary N) is 2. The molecular formula is C16H21N3O. The van der Waals surface area contributed by atoms with Crippen molar-refractivity contribution in [1.29, 1.82) is 0 Å². The number of imidazole rings is 1. The molecule has 1 fully saturated rings. The Morgan fingerprint density at radius 3 is 3.05 bits per heavy atom. The number of hydrogen-bond donors (Lipinski definition) is 2. The lowest BCUT2D eigenvalue weighted by atomic mass is 10.1. The van der Waals surface area contributed by atoms with E-state index in [2.05, 4.69) is 21.4 Å². The van der Waals surface area contributed by atoms with Gasteiger partial charge in [-0.2, -0.15) is 0 Å². The molecule has 4 heteroatoms. The molecule has 0 saturated carbocycles. The van der Waals surface area contributed by atoms with E-state index in [1.165, 1.54) is 12.8 Å². The van der Waals surface area contributed by atoms with Crippen LogP contribution in [0.2, 0.25) is 0 Å². The van der Waals surface area contributed by atoms with Crippen LogP contribution in [-0.2, 0) is 6.42 Å². The maximum Gasteiger partial charge on any atom is 0.128 e. The first-order valence-electron chi connectivity index (χ1n) is 7.36. The SMILES string of the molecule is CCOc1ccccc1-c1cnc(CC2CCCN2)[nH]1. The number of benzene rings is 1. The van der Waals surface area contributed by atoms with E-state index < -0.39 is 0 Å². The summed E-state index contributed by atoms with van der Waals surface area (Å²) in [6, 6.07) is 8.65. The molecule has 4 nitrogen and oxygen atoms in total. The van der Waals surface area contributed by atoms with Crippen LogP contribution in [0.4, 0.5) is 0 Å². The Morgan fingerprint density at radius 2 is 2.25 bits per heavy atom. The zero-order valence-electron chi connectivity index (χ0n) is 11.9. The predicted octanol–water partition coefficient (Wildman–Crippen LogP) is 2.77. The number of nitrogens with zero attached hydrogens (tertiary/aromatic N) is 1. The van der Waals surface area contributed by atoms with Crippen LogP contribution in [0.1, 0.15) is 25.6 Å². The third-order valence-corrected chi connectivity index (χ3v) is 3.71. The molecule has 1 unspecified atom stereocenters. The fourth-order valence-electron chi connectivity index (χ4n) is 2.74. The Balaban J connectivity index is 1.78. The minimum Gasteiger partial charge on any atom is -0.493 e. The summed E-state index contributed by atoms with van der Waals surface area (Å²) in [7, 11) is 0. The zero-order chi connectivity index (χ0) is 13.8. The molecule has 0 bridgehead atoms. The maximum atomic E-state index is 5.67. The van der Waals surface area contributed by atoms with Gasteiger partial charge in [0.1, 0.15) is 11.6 Å². The van der Waals surface area contributed by atoms with Crippen LogP contribution in [0.25, 0.3) is 11.3 Å². The summed E-state index contributed by atoms with van der Waals surface area (Å²) in [6.07, 6.45) is 5.38. The molecule has 2 N–H and O–H groups in total. The van der Waals surface area contributed by atoms with E-state index >= 15 is 0 Å². The van der Waals surface area contributed by atoms with Crippen molar-refractivity contribution >= 4 is 0 Å². The molecule has 1 aromatic heterocycles. The van der Waals surface area contributed by atoms with Crippen molar-refractivity contribution < 1.29 is 4.74 Å². The summed E-state index contributed by atoms with van der Waals surface area (Å²) in [5.41, 5.74) is 2.11. The highest BCUT2D eigenvalue weighted by Gasteiger charge is 2.16. The van der Waals surface area contributed by atoms with Gasteiger partial charge in [-0.1, -0.05) is 12.1 Å². The van der Waals surface area contributed by atoms with E-state index in [4.69, 9.17) is 4.74 Å². The molecule has 0 spiro atoms. The van der Waals surface area contributed by atoms with Gasteiger partial charge in [0, 0.05) is 18.0 Å². The molecule has 2 aromatic rings. The summed E-state index contributed by atoms with van der Waals surface area (Å²) in [5.74, 6) is 1.95. The number of ether oxygens (including phenoxy) is 1. The molecule has 0 aliphatic carbocycles. The number of hydrogen-bond acceptors (Lipinski definition) is 3. The van der Waals surface area contributed by atoms with E-state index in [-0.39, 0.29) is 0 Å². The largest absolute Gasteiger partial charge is 0.493 e. The van der Waals surface area contributed by atoms with Crippen molar-refractivity contribution in [3.05, 3.63) is 36.3 Å². The van der Waals surface area contributed by atoms with Crippen LogP contribution in [0.5, 0.6) is 5.75 Å². The van der Waals surface area contributed by atoms with Gasteiger partial charge in [-0.25, -0.2) is 4.98 Å². The van der Waals surface area contributed by atoms with Crippen molar-refractivity contribution in [1.82, 2.24) is 15.3 Å². The lowest BCUT2D eigenvalue weighted by molar-refractivity contribution is 0.341. The van der Waals surface area contributed by atoms with E-state index in [0.29, 0.717) is 12.6 Å². The monoisotopic (exact) mass is 271 g/mol. The van der Waals surface area contributed by atoms with Gasteiger partial charge in [0.2, 0.25) is 0 Å². The lowest BCUT2D eigenvalue weighted by Gasteiger charge is -2.09. The molecule has 2 heterocycles. The Morgan fingerprint density at radius 1 is 1.35 bits per heavy atom. The smallest absolute Gasteiger partial charge is 0.128 e. The van der Waals surface area contributed by atoms with Crippen LogP contribution >= 0.6 is 0 Å². The third-order valence-electron chi connectivity index (χ3n) is 3.71. The summed E-state index contributed by atoms with van der Waals surface area (Å²) in [4.78, 5) is 7.93.